The van der Waals surface area contributed by atoms with Gasteiger partial charge in [-0.25, -0.2) is 0 Å². The van der Waals surface area contributed by atoms with Crippen LogP contribution in [0.15, 0.2) is 0 Å². The van der Waals surface area contributed by atoms with Crippen molar-refractivity contribution in [3.05, 3.63) is 0 Å². The topological polar surface area (TPSA) is 12.5 Å². The summed E-state index contributed by atoms with van der Waals surface area (Å²) in [6.45, 7) is 8.34. The van der Waals surface area contributed by atoms with E-state index in [2.05, 4.69) is 11.8 Å². The van der Waals surface area contributed by atoms with Crippen molar-refractivity contribution >= 4 is 0 Å². The van der Waals surface area contributed by atoms with Gasteiger partial charge in [0.25, 0.3) is 0 Å². The highest BCUT2D eigenvalue weighted by Crippen LogP contribution is 2.23. The van der Waals surface area contributed by atoms with E-state index in [1.807, 2.05) is 0 Å². The highest BCUT2D eigenvalue weighted by Gasteiger charge is 2.21. The zero-order valence-corrected chi connectivity index (χ0v) is 10.1. The lowest BCUT2D eigenvalue weighted by molar-refractivity contribution is 0.0466. The van der Waals surface area contributed by atoms with Crippen LogP contribution < -0.4 is 0 Å². The van der Waals surface area contributed by atoms with E-state index < -0.39 is 0 Å². The molecule has 0 amide bonds. The van der Waals surface area contributed by atoms with E-state index in [4.69, 9.17) is 4.74 Å². The second kappa shape index (κ2) is 5.86. The highest BCUT2D eigenvalue weighted by atomic mass is 16.5. The standard InChI is InChI=1S/C13H25NO/c1-2-12-3-7-14(8-4-12)11-13-5-9-15-10-6-13/h12-13H,2-11H2,1H3. The van der Waals surface area contributed by atoms with Crippen molar-refractivity contribution in [3.8, 4) is 0 Å². The Labute approximate surface area is 94.0 Å². The molecular formula is C13H25NO. The van der Waals surface area contributed by atoms with Gasteiger partial charge in [0.2, 0.25) is 0 Å². The Morgan fingerprint density at radius 1 is 1.00 bits per heavy atom. The Hall–Kier alpha value is -0.0800. The third-order valence-electron chi connectivity index (χ3n) is 4.14. The quantitative estimate of drug-likeness (QED) is 0.711. The lowest BCUT2D eigenvalue weighted by atomic mass is 9.92. The van der Waals surface area contributed by atoms with Crippen LogP contribution in [-0.4, -0.2) is 37.7 Å². The van der Waals surface area contributed by atoms with Crippen molar-refractivity contribution in [2.75, 3.05) is 32.8 Å². The number of likely N-dealkylation sites (tertiary alicyclic amines) is 1. The van der Waals surface area contributed by atoms with Crippen LogP contribution in [0.5, 0.6) is 0 Å². The van der Waals surface area contributed by atoms with Crippen LogP contribution in [-0.2, 0) is 4.74 Å². The maximum absolute atomic E-state index is 5.40. The summed E-state index contributed by atoms with van der Waals surface area (Å²) in [5.74, 6) is 1.92. The molecule has 2 rings (SSSR count). The normalized spacial score (nSPS) is 27.0. The average Bonchev–Trinajstić information content (AvgIpc) is 2.31. The molecule has 2 saturated heterocycles. The van der Waals surface area contributed by atoms with E-state index in [0.29, 0.717) is 0 Å². The fourth-order valence-electron chi connectivity index (χ4n) is 2.87. The summed E-state index contributed by atoms with van der Waals surface area (Å²) in [5, 5.41) is 0. The summed E-state index contributed by atoms with van der Waals surface area (Å²) < 4.78 is 5.40. The van der Waals surface area contributed by atoms with Crippen LogP contribution in [0, 0.1) is 11.8 Å². The van der Waals surface area contributed by atoms with Gasteiger partial charge in [0.05, 0.1) is 0 Å². The molecule has 0 aliphatic carbocycles. The predicted molar refractivity (Wildman–Crippen MR) is 63.0 cm³/mol. The molecule has 2 aliphatic rings. The Kier molecular flexibility index (Phi) is 4.45. The summed E-state index contributed by atoms with van der Waals surface area (Å²) in [5.41, 5.74) is 0. The lowest BCUT2D eigenvalue weighted by Crippen LogP contribution is -2.38. The van der Waals surface area contributed by atoms with Crippen LogP contribution in [0.1, 0.15) is 39.0 Å². The van der Waals surface area contributed by atoms with Crippen molar-refractivity contribution in [1.82, 2.24) is 4.90 Å². The molecule has 15 heavy (non-hydrogen) atoms. The fourth-order valence-corrected chi connectivity index (χ4v) is 2.87. The van der Waals surface area contributed by atoms with E-state index in [9.17, 15) is 0 Å². The molecule has 2 aliphatic heterocycles. The first-order chi connectivity index (χ1) is 7.38. The molecule has 2 heteroatoms. The maximum Gasteiger partial charge on any atom is 0.0469 e. The summed E-state index contributed by atoms with van der Waals surface area (Å²) in [6.07, 6.45) is 6.81. The zero-order valence-electron chi connectivity index (χ0n) is 10.1. The molecule has 0 saturated carbocycles. The first kappa shape index (κ1) is 11.4. The van der Waals surface area contributed by atoms with Crippen molar-refractivity contribution in [2.24, 2.45) is 11.8 Å². The number of piperidine rings is 1. The molecule has 0 aromatic rings. The largest absolute Gasteiger partial charge is 0.381 e. The maximum atomic E-state index is 5.40. The van der Waals surface area contributed by atoms with Gasteiger partial charge in [0, 0.05) is 19.8 Å². The van der Waals surface area contributed by atoms with E-state index in [1.54, 1.807) is 0 Å². The molecule has 0 bridgehead atoms. The van der Waals surface area contributed by atoms with Gasteiger partial charge in [-0.15, -0.1) is 0 Å². The third-order valence-corrected chi connectivity index (χ3v) is 4.14. The predicted octanol–water partition coefficient (Wildman–Crippen LogP) is 2.54. The van der Waals surface area contributed by atoms with Crippen LogP contribution in [0.4, 0.5) is 0 Å². The molecule has 0 unspecified atom stereocenters. The van der Waals surface area contributed by atoms with Gasteiger partial charge in [0.15, 0.2) is 0 Å². The summed E-state index contributed by atoms with van der Waals surface area (Å²) in [7, 11) is 0. The molecule has 88 valence electrons. The first-order valence-corrected chi connectivity index (χ1v) is 6.68. The summed E-state index contributed by atoms with van der Waals surface area (Å²) in [6, 6.07) is 0. The molecule has 2 fully saturated rings. The minimum atomic E-state index is 0.914. The molecule has 0 radical (unpaired) electrons. The van der Waals surface area contributed by atoms with Crippen LogP contribution in [0.2, 0.25) is 0 Å². The van der Waals surface area contributed by atoms with Crippen LogP contribution in [0.25, 0.3) is 0 Å². The minimum Gasteiger partial charge on any atom is -0.381 e. The smallest absolute Gasteiger partial charge is 0.0469 e. The fraction of sp³-hybridized carbons (Fsp3) is 1.00. The van der Waals surface area contributed by atoms with Gasteiger partial charge in [-0.2, -0.15) is 0 Å². The molecule has 0 aromatic heterocycles. The number of hydrogen-bond donors (Lipinski definition) is 0. The monoisotopic (exact) mass is 211 g/mol. The van der Waals surface area contributed by atoms with Crippen molar-refractivity contribution in [3.63, 3.8) is 0 Å². The molecule has 2 heterocycles. The van der Waals surface area contributed by atoms with Crippen molar-refractivity contribution < 1.29 is 4.74 Å². The SMILES string of the molecule is CCC1CCN(CC2CCOCC2)CC1. The van der Waals surface area contributed by atoms with Gasteiger partial charge >= 0.3 is 0 Å². The van der Waals surface area contributed by atoms with Gasteiger partial charge < -0.3 is 9.64 Å². The Balaban J connectivity index is 1.67. The Bertz CT molecular complexity index is 169. The first-order valence-electron chi connectivity index (χ1n) is 6.68. The number of hydrogen-bond acceptors (Lipinski definition) is 2. The number of nitrogens with zero attached hydrogens (tertiary/aromatic N) is 1. The summed E-state index contributed by atoms with van der Waals surface area (Å²) in [4.78, 5) is 2.68. The number of rotatable bonds is 3. The van der Waals surface area contributed by atoms with Crippen LogP contribution in [0.3, 0.4) is 0 Å². The van der Waals surface area contributed by atoms with Crippen LogP contribution >= 0.6 is 0 Å². The van der Waals surface area contributed by atoms with Gasteiger partial charge in [-0.05, 0) is 50.6 Å². The Morgan fingerprint density at radius 3 is 2.27 bits per heavy atom. The zero-order chi connectivity index (χ0) is 10.5. The second-order valence-electron chi connectivity index (χ2n) is 5.21. The summed E-state index contributed by atoms with van der Waals surface area (Å²) >= 11 is 0. The van der Waals surface area contributed by atoms with Crippen molar-refractivity contribution in [1.29, 1.82) is 0 Å². The second-order valence-corrected chi connectivity index (χ2v) is 5.21. The average molecular weight is 211 g/mol. The minimum absolute atomic E-state index is 0.914. The van der Waals surface area contributed by atoms with E-state index in [0.717, 1.165) is 25.0 Å². The molecule has 0 spiro atoms. The van der Waals surface area contributed by atoms with Crippen molar-refractivity contribution in [2.45, 2.75) is 39.0 Å². The van der Waals surface area contributed by atoms with Gasteiger partial charge in [-0.1, -0.05) is 13.3 Å². The molecule has 0 aromatic carbocycles. The van der Waals surface area contributed by atoms with E-state index in [-0.39, 0.29) is 0 Å². The van der Waals surface area contributed by atoms with Gasteiger partial charge in [-0.3, -0.25) is 0 Å². The lowest BCUT2D eigenvalue weighted by Gasteiger charge is -2.35. The Morgan fingerprint density at radius 2 is 1.67 bits per heavy atom. The number of ether oxygens (including phenoxy) is 1. The molecule has 2 nitrogen and oxygen atoms in total. The molecule has 0 N–H and O–H groups in total. The molecule has 0 atom stereocenters. The van der Waals surface area contributed by atoms with E-state index >= 15 is 0 Å². The van der Waals surface area contributed by atoms with E-state index in [1.165, 1.54) is 51.7 Å². The highest BCUT2D eigenvalue weighted by molar-refractivity contribution is 4.75. The third kappa shape index (κ3) is 3.46. The van der Waals surface area contributed by atoms with Gasteiger partial charge in [0.1, 0.15) is 0 Å². The molecular weight excluding hydrogens is 186 g/mol.